The third-order valence-electron chi connectivity index (χ3n) is 5.14. The number of esters is 1. The Hall–Kier alpha value is -1.39. The summed E-state index contributed by atoms with van der Waals surface area (Å²) in [7, 11) is 0. The summed E-state index contributed by atoms with van der Waals surface area (Å²) < 4.78 is 5.37. The fourth-order valence-corrected chi connectivity index (χ4v) is 4.29. The molecule has 0 radical (unpaired) electrons. The minimum Gasteiger partial charge on any atom is -0.461 e. The topological polar surface area (TPSA) is 49.8 Å². The van der Waals surface area contributed by atoms with Crippen molar-refractivity contribution in [2.45, 2.75) is 44.1 Å². The Balaban J connectivity index is 1.76. The number of ether oxygens (including phenoxy) is 1. The van der Waals surface area contributed by atoms with Crippen molar-refractivity contribution in [3.05, 3.63) is 35.4 Å². The second-order valence-electron chi connectivity index (χ2n) is 6.16. The van der Waals surface area contributed by atoms with Gasteiger partial charge in [-0.2, -0.15) is 0 Å². The number of carbonyl (C=O) groups excluding carboxylic acids is 1. The van der Waals surface area contributed by atoms with Gasteiger partial charge in [0.15, 0.2) is 0 Å². The average Bonchev–Trinajstić information content (AvgIpc) is 2.75. The lowest BCUT2D eigenvalue weighted by Gasteiger charge is -2.48. The van der Waals surface area contributed by atoms with Crippen molar-refractivity contribution in [3.63, 3.8) is 0 Å². The van der Waals surface area contributed by atoms with Gasteiger partial charge in [0, 0.05) is 12.6 Å². The molecule has 4 nitrogen and oxygen atoms in total. The Morgan fingerprint density at radius 2 is 2.15 bits per heavy atom. The monoisotopic (exact) mass is 273 g/mol. The zero-order valence-electron chi connectivity index (χ0n) is 11.5. The Morgan fingerprint density at radius 3 is 3.00 bits per heavy atom. The maximum absolute atomic E-state index is 11.9. The molecule has 4 heteroatoms. The van der Waals surface area contributed by atoms with E-state index in [9.17, 15) is 9.90 Å². The van der Waals surface area contributed by atoms with Crippen LogP contribution in [0.25, 0.3) is 0 Å². The van der Waals surface area contributed by atoms with Crippen LogP contribution >= 0.6 is 0 Å². The first-order chi connectivity index (χ1) is 9.66. The molecule has 0 aromatic heterocycles. The maximum Gasteiger partial charge on any atom is 0.313 e. The molecule has 106 valence electrons. The summed E-state index contributed by atoms with van der Waals surface area (Å²) in [4.78, 5) is 14.3. The fraction of sp³-hybridized carbons (Fsp3) is 0.562. The van der Waals surface area contributed by atoms with Crippen molar-refractivity contribution < 1.29 is 14.6 Å². The smallest absolute Gasteiger partial charge is 0.313 e. The van der Waals surface area contributed by atoms with Gasteiger partial charge in [0.1, 0.15) is 12.0 Å². The molecular formula is C16H19NO3. The van der Waals surface area contributed by atoms with E-state index in [0.29, 0.717) is 6.42 Å². The lowest BCUT2D eigenvalue weighted by Crippen LogP contribution is -2.56. The van der Waals surface area contributed by atoms with Crippen molar-refractivity contribution in [3.8, 4) is 0 Å². The Labute approximate surface area is 118 Å². The van der Waals surface area contributed by atoms with Crippen LogP contribution in [0.2, 0.25) is 0 Å². The van der Waals surface area contributed by atoms with Crippen LogP contribution in [-0.2, 0) is 16.0 Å². The molecule has 0 spiro atoms. The van der Waals surface area contributed by atoms with Gasteiger partial charge in [-0.15, -0.1) is 0 Å². The normalized spacial score (nSPS) is 39.7. The van der Waals surface area contributed by atoms with Crippen LogP contribution in [0.3, 0.4) is 0 Å². The van der Waals surface area contributed by atoms with E-state index in [1.165, 1.54) is 11.1 Å². The Bertz CT molecular complexity index is 558. The first kappa shape index (κ1) is 12.4. The molecule has 0 aliphatic carbocycles. The molecule has 3 aliphatic heterocycles. The number of nitrogens with zero attached hydrogens (tertiary/aromatic N) is 1. The summed E-state index contributed by atoms with van der Waals surface area (Å²) in [5.74, 6) is -0.598. The largest absolute Gasteiger partial charge is 0.461 e. The quantitative estimate of drug-likeness (QED) is 0.724. The minimum absolute atomic E-state index is 0.0182. The SMILES string of the molecule is C[C@@H]1OC(=O)[C@H]2[C@@H]1N1CCc3ccccc3[C@@H]1C[C@@H]2O. The maximum atomic E-state index is 11.9. The van der Waals surface area contributed by atoms with Gasteiger partial charge in [-0.3, -0.25) is 9.69 Å². The third-order valence-corrected chi connectivity index (χ3v) is 5.14. The minimum atomic E-state index is -0.593. The van der Waals surface area contributed by atoms with Crippen LogP contribution in [0, 0.1) is 5.92 Å². The van der Waals surface area contributed by atoms with E-state index in [0.717, 1.165) is 13.0 Å². The van der Waals surface area contributed by atoms with E-state index in [4.69, 9.17) is 4.74 Å². The Kier molecular flexibility index (Phi) is 2.66. The molecule has 3 heterocycles. The number of aliphatic hydroxyl groups is 1. The highest BCUT2D eigenvalue weighted by Crippen LogP contribution is 2.45. The van der Waals surface area contributed by atoms with Gasteiger partial charge in [0.05, 0.1) is 12.1 Å². The molecule has 1 N–H and O–H groups in total. The van der Waals surface area contributed by atoms with Gasteiger partial charge in [-0.25, -0.2) is 0 Å². The highest BCUT2D eigenvalue weighted by atomic mass is 16.6. The number of carbonyl (C=O) groups is 1. The second kappa shape index (κ2) is 4.30. The van der Waals surface area contributed by atoms with E-state index in [-0.39, 0.29) is 30.1 Å². The zero-order chi connectivity index (χ0) is 13.9. The number of hydrogen-bond acceptors (Lipinski definition) is 4. The number of fused-ring (bicyclic) bond motifs is 5. The second-order valence-corrected chi connectivity index (χ2v) is 6.16. The van der Waals surface area contributed by atoms with E-state index in [2.05, 4.69) is 29.2 Å². The molecule has 0 unspecified atom stereocenters. The molecule has 0 bridgehead atoms. The fourth-order valence-electron chi connectivity index (χ4n) is 4.29. The third kappa shape index (κ3) is 1.58. The van der Waals surface area contributed by atoms with Crippen molar-refractivity contribution >= 4 is 5.97 Å². The molecule has 0 saturated carbocycles. The predicted octanol–water partition coefficient (Wildman–Crippen LogP) is 1.28. The summed E-state index contributed by atoms with van der Waals surface area (Å²) in [5, 5.41) is 10.4. The van der Waals surface area contributed by atoms with Crippen LogP contribution < -0.4 is 0 Å². The van der Waals surface area contributed by atoms with Crippen molar-refractivity contribution in [1.82, 2.24) is 4.90 Å². The number of cyclic esters (lactones) is 1. The predicted molar refractivity (Wildman–Crippen MR) is 73.0 cm³/mol. The lowest BCUT2D eigenvalue weighted by atomic mass is 9.77. The average molecular weight is 273 g/mol. The Morgan fingerprint density at radius 1 is 1.35 bits per heavy atom. The molecule has 2 saturated heterocycles. The van der Waals surface area contributed by atoms with Crippen molar-refractivity contribution in [2.75, 3.05) is 6.54 Å². The molecule has 3 aliphatic rings. The van der Waals surface area contributed by atoms with Gasteiger partial charge < -0.3 is 9.84 Å². The van der Waals surface area contributed by atoms with E-state index in [1.807, 2.05) is 6.92 Å². The molecule has 0 amide bonds. The summed E-state index contributed by atoms with van der Waals surface area (Å²) >= 11 is 0. The number of aliphatic hydroxyl groups excluding tert-OH is 1. The van der Waals surface area contributed by atoms with Gasteiger partial charge in [0.25, 0.3) is 0 Å². The number of piperidine rings is 1. The van der Waals surface area contributed by atoms with Crippen LogP contribution in [-0.4, -0.2) is 40.8 Å². The van der Waals surface area contributed by atoms with E-state index >= 15 is 0 Å². The number of benzene rings is 1. The van der Waals surface area contributed by atoms with Crippen LogP contribution in [0.5, 0.6) is 0 Å². The summed E-state index contributed by atoms with van der Waals surface area (Å²) in [5.41, 5.74) is 2.68. The first-order valence-corrected chi connectivity index (χ1v) is 7.39. The van der Waals surface area contributed by atoms with Crippen LogP contribution in [0.4, 0.5) is 0 Å². The van der Waals surface area contributed by atoms with Crippen LogP contribution in [0.15, 0.2) is 24.3 Å². The van der Waals surface area contributed by atoms with Crippen molar-refractivity contribution in [1.29, 1.82) is 0 Å². The summed E-state index contributed by atoms with van der Waals surface area (Å²) in [6, 6.07) is 8.69. The molecule has 1 aromatic rings. The molecule has 4 rings (SSSR count). The van der Waals surface area contributed by atoms with Gasteiger partial charge in [-0.1, -0.05) is 24.3 Å². The highest BCUT2D eigenvalue weighted by molar-refractivity contribution is 5.77. The van der Waals surface area contributed by atoms with Gasteiger partial charge >= 0.3 is 5.97 Å². The standard InChI is InChI=1S/C16H19NO3/c1-9-15-14(16(19)20-9)13(18)8-12-11-5-3-2-4-10(11)6-7-17(12)15/h2-5,9,12-15,18H,6-8H2,1H3/t9-,12-,13-,14+,15+/m0/s1. The molecule has 20 heavy (non-hydrogen) atoms. The number of hydrogen-bond donors (Lipinski definition) is 1. The molecule has 5 atom stereocenters. The first-order valence-electron chi connectivity index (χ1n) is 7.39. The van der Waals surface area contributed by atoms with Crippen molar-refractivity contribution in [2.24, 2.45) is 5.92 Å². The van der Waals surface area contributed by atoms with Crippen LogP contribution in [0.1, 0.15) is 30.5 Å². The van der Waals surface area contributed by atoms with E-state index in [1.54, 1.807) is 0 Å². The number of rotatable bonds is 0. The summed E-state index contributed by atoms with van der Waals surface area (Å²) in [6.07, 6.45) is 0.910. The van der Waals surface area contributed by atoms with Gasteiger partial charge in [-0.05, 0) is 30.9 Å². The molecule has 1 aromatic carbocycles. The molecule has 2 fully saturated rings. The van der Waals surface area contributed by atoms with E-state index < -0.39 is 6.10 Å². The zero-order valence-corrected chi connectivity index (χ0v) is 11.5. The molecular weight excluding hydrogens is 254 g/mol. The van der Waals surface area contributed by atoms with Gasteiger partial charge in [0.2, 0.25) is 0 Å². The summed E-state index contributed by atoms with van der Waals surface area (Å²) in [6.45, 7) is 2.88. The lowest BCUT2D eigenvalue weighted by molar-refractivity contribution is -0.147. The highest BCUT2D eigenvalue weighted by Gasteiger charge is 2.55.